The molecular formula is C69H143N7O6. The van der Waals surface area contributed by atoms with Crippen LogP contribution in [0.3, 0.4) is 0 Å². The zero-order valence-electron chi connectivity index (χ0n) is 55.2. The first kappa shape index (κ1) is 82.2. The zero-order valence-corrected chi connectivity index (χ0v) is 55.2. The van der Waals surface area contributed by atoms with Crippen molar-refractivity contribution < 1.29 is 29.7 Å². The predicted molar refractivity (Wildman–Crippen MR) is 353 cm³/mol. The van der Waals surface area contributed by atoms with Crippen molar-refractivity contribution in [2.75, 3.05) is 111 Å². The van der Waals surface area contributed by atoms with E-state index >= 15 is 0 Å². The molecule has 0 aromatic heterocycles. The molecule has 0 heterocycles. The molecule has 0 bridgehead atoms. The van der Waals surface area contributed by atoms with Crippen molar-refractivity contribution in [2.24, 2.45) is 0 Å². The van der Waals surface area contributed by atoms with E-state index in [0.29, 0.717) is 45.4 Å². The molecule has 7 N–H and O–H groups in total. The first-order valence-corrected chi connectivity index (χ1v) is 35.8. The third kappa shape index (κ3) is 67.3. The van der Waals surface area contributed by atoms with Gasteiger partial charge in [0.2, 0.25) is 17.7 Å². The number of carbonyl (C=O) groups excluding carboxylic acids is 3. The summed E-state index contributed by atoms with van der Waals surface area (Å²) in [7, 11) is 0. The number of aliphatic hydroxyl groups excluding tert-OH is 3. The van der Waals surface area contributed by atoms with Gasteiger partial charge in [-0.3, -0.25) is 19.3 Å². The van der Waals surface area contributed by atoms with Gasteiger partial charge >= 0.3 is 0 Å². The van der Waals surface area contributed by atoms with E-state index in [2.05, 4.69) is 63.7 Å². The maximum atomic E-state index is 12.6. The predicted octanol–water partition coefficient (Wildman–Crippen LogP) is 14.4. The Morgan fingerprint density at radius 3 is 0.793 bits per heavy atom. The maximum absolute atomic E-state index is 12.6. The van der Waals surface area contributed by atoms with Crippen LogP contribution < -0.4 is 21.3 Å². The molecule has 0 rings (SSSR count). The van der Waals surface area contributed by atoms with Crippen LogP contribution in [0.5, 0.6) is 0 Å². The van der Waals surface area contributed by atoms with E-state index in [-0.39, 0.29) is 37.5 Å². The highest BCUT2D eigenvalue weighted by molar-refractivity contribution is 5.77. The van der Waals surface area contributed by atoms with Crippen LogP contribution in [-0.4, -0.2) is 159 Å². The number of amides is 3. The SMILES string of the molecule is CCCCCCCCCCCCCCCNC(=O)CCN(CCCN(CCO)CCO)CCC(=O)NCCCCCCCCCCCCCCC.CCCCCCCCCCCCCCCNC(=O)CCNCCCN(CCC)CCO. The van der Waals surface area contributed by atoms with Crippen molar-refractivity contribution in [1.29, 1.82) is 0 Å². The van der Waals surface area contributed by atoms with E-state index in [0.717, 1.165) is 104 Å². The molecule has 0 aliphatic rings. The molecule has 0 aliphatic carbocycles. The van der Waals surface area contributed by atoms with Gasteiger partial charge < -0.3 is 46.4 Å². The van der Waals surface area contributed by atoms with Gasteiger partial charge in [-0.15, -0.1) is 0 Å². The van der Waals surface area contributed by atoms with Gasteiger partial charge in [-0.2, -0.15) is 0 Å². The second-order valence-electron chi connectivity index (χ2n) is 24.2. The molecule has 13 nitrogen and oxygen atoms in total. The quantitative estimate of drug-likeness (QED) is 0.0291. The van der Waals surface area contributed by atoms with Gasteiger partial charge in [-0.1, -0.05) is 259 Å². The molecule has 0 radical (unpaired) electrons. The Labute approximate surface area is 509 Å². The van der Waals surface area contributed by atoms with Crippen molar-refractivity contribution in [3.05, 3.63) is 0 Å². The van der Waals surface area contributed by atoms with Gasteiger partial charge in [0.05, 0.1) is 19.8 Å². The van der Waals surface area contributed by atoms with E-state index in [1.54, 1.807) is 0 Å². The minimum atomic E-state index is 0.0720. The van der Waals surface area contributed by atoms with E-state index < -0.39 is 0 Å². The molecule has 0 saturated carbocycles. The van der Waals surface area contributed by atoms with Crippen molar-refractivity contribution in [2.45, 2.75) is 317 Å². The van der Waals surface area contributed by atoms with Crippen LogP contribution in [0.1, 0.15) is 317 Å². The van der Waals surface area contributed by atoms with Crippen LogP contribution in [-0.2, 0) is 14.4 Å². The number of nitrogens with zero attached hydrogens (tertiary/aromatic N) is 3. The highest BCUT2D eigenvalue weighted by atomic mass is 16.3. The topological polar surface area (TPSA) is 170 Å². The van der Waals surface area contributed by atoms with Crippen molar-refractivity contribution in [1.82, 2.24) is 36.0 Å². The van der Waals surface area contributed by atoms with Crippen LogP contribution in [0.25, 0.3) is 0 Å². The average Bonchev–Trinajstić information content (AvgIpc) is 3.47. The molecule has 490 valence electrons. The van der Waals surface area contributed by atoms with Crippen LogP contribution in [0.2, 0.25) is 0 Å². The molecule has 0 aromatic carbocycles. The van der Waals surface area contributed by atoms with Crippen LogP contribution in [0.15, 0.2) is 0 Å². The number of carbonyl (C=O) groups is 3. The summed E-state index contributed by atoms with van der Waals surface area (Å²) in [5.41, 5.74) is 0. The minimum absolute atomic E-state index is 0.0720. The third-order valence-corrected chi connectivity index (χ3v) is 16.2. The maximum Gasteiger partial charge on any atom is 0.221 e. The molecule has 0 spiro atoms. The lowest BCUT2D eigenvalue weighted by Gasteiger charge is -2.25. The smallest absolute Gasteiger partial charge is 0.221 e. The Bertz CT molecular complexity index is 1210. The highest BCUT2D eigenvalue weighted by Gasteiger charge is 2.13. The normalized spacial score (nSPS) is 11.5. The molecule has 0 aliphatic heterocycles. The molecule has 0 unspecified atom stereocenters. The van der Waals surface area contributed by atoms with Crippen molar-refractivity contribution in [3.8, 4) is 0 Å². The van der Waals surface area contributed by atoms with E-state index in [4.69, 9.17) is 5.11 Å². The Hall–Kier alpha value is -1.87. The second-order valence-corrected chi connectivity index (χ2v) is 24.2. The van der Waals surface area contributed by atoms with Gasteiger partial charge in [-0.05, 0) is 71.2 Å². The van der Waals surface area contributed by atoms with E-state index in [1.165, 1.54) is 231 Å². The summed E-state index contributed by atoms with van der Waals surface area (Å²) in [6, 6.07) is 0. The number of unbranched alkanes of at least 4 members (excludes halogenated alkanes) is 36. The first-order chi connectivity index (χ1) is 40.3. The monoisotopic (exact) mass is 1170 g/mol. The third-order valence-electron chi connectivity index (χ3n) is 16.2. The summed E-state index contributed by atoms with van der Waals surface area (Å²) in [6.07, 6.45) is 56.5. The Balaban J connectivity index is 0. The molecular weight excluding hydrogens is 1020 g/mol. The lowest BCUT2D eigenvalue weighted by atomic mass is 10.0. The fourth-order valence-electron chi connectivity index (χ4n) is 10.9. The number of aliphatic hydroxyl groups is 3. The van der Waals surface area contributed by atoms with Crippen molar-refractivity contribution in [3.63, 3.8) is 0 Å². The minimum Gasteiger partial charge on any atom is -0.395 e. The summed E-state index contributed by atoms with van der Waals surface area (Å²) in [5, 5.41) is 40.4. The molecule has 3 amide bonds. The van der Waals surface area contributed by atoms with Gasteiger partial charge in [0, 0.05) is 78.2 Å². The summed E-state index contributed by atoms with van der Waals surface area (Å²) in [4.78, 5) is 43.7. The fourth-order valence-corrected chi connectivity index (χ4v) is 10.9. The number of rotatable bonds is 67. The number of hydrogen-bond acceptors (Lipinski definition) is 10. The summed E-state index contributed by atoms with van der Waals surface area (Å²) in [5.74, 6) is 0.347. The van der Waals surface area contributed by atoms with Gasteiger partial charge in [-0.25, -0.2) is 0 Å². The fraction of sp³-hybridized carbons (Fsp3) is 0.957. The zero-order chi connectivity index (χ0) is 60.1. The van der Waals surface area contributed by atoms with Crippen LogP contribution >= 0.6 is 0 Å². The Kier molecular flexibility index (Phi) is 71.8. The van der Waals surface area contributed by atoms with Gasteiger partial charge in [0.15, 0.2) is 0 Å². The van der Waals surface area contributed by atoms with Gasteiger partial charge in [0.1, 0.15) is 0 Å². The lowest BCUT2D eigenvalue weighted by Crippen LogP contribution is -2.37. The molecule has 82 heavy (non-hydrogen) atoms. The molecule has 0 atom stereocenters. The standard InChI is InChI=1S/C43H88N4O4.C26H55N3O2/c1-3-5-7-9-11-13-15-17-19-21-23-25-27-32-44-42(50)30-36-46(34-29-35-47(38-40-48)39-41-49)37-31-43(51)45-33-28-26-24-22-20-18-16-14-12-10-8-6-4-2;1-3-5-6-7-8-9-10-11-12-13-14-15-16-20-28-26(31)18-21-27-19-17-23-29(22-4-2)24-25-30/h48-49H,3-41H2,1-2H3,(H,44,50)(H,45,51);27,30H,3-25H2,1-2H3,(H,28,31). The molecule has 0 aromatic rings. The van der Waals surface area contributed by atoms with E-state index in [9.17, 15) is 24.6 Å². The largest absolute Gasteiger partial charge is 0.395 e. The summed E-state index contributed by atoms with van der Waals surface area (Å²) in [6.45, 7) is 20.1. The number of hydrogen-bond donors (Lipinski definition) is 7. The summed E-state index contributed by atoms with van der Waals surface area (Å²) < 4.78 is 0. The Morgan fingerprint density at radius 1 is 0.244 bits per heavy atom. The highest BCUT2D eigenvalue weighted by Crippen LogP contribution is 2.15. The van der Waals surface area contributed by atoms with Crippen LogP contribution in [0, 0.1) is 0 Å². The average molecular weight is 1170 g/mol. The summed E-state index contributed by atoms with van der Waals surface area (Å²) >= 11 is 0. The van der Waals surface area contributed by atoms with Gasteiger partial charge in [0.25, 0.3) is 0 Å². The molecule has 0 saturated heterocycles. The lowest BCUT2D eigenvalue weighted by molar-refractivity contribution is -0.122. The first-order valence-electron chi connectivity index (χ1n) is 35.8. The molecule has 13 heteroatoms. The second kappa shape index (κ2) is 71.6. The number of nitrogens with one attached hydrogen (secondary N) is 4. The molecule has 0 fully saturated rings. The van der Waals surface area contributed by atoms with E-state index in [1.807, 2.05) is 0 Å². The van der Waals surface area contributed by atoms with Crippen LogP contribution in [0.4, 0.5) is 0 Å². The van der Waals surface area contributed by atoms with Crippen molar-refractivity contribution >= 4 is 17.7 Å². The Morgan fingerprint density at radius 2 is 0.500 bits per heavy atom.